The van der Waals surface area contributed by atoms with Crippen LogP contribution in [0, 0.1) is 5.82 Å². The third-order valence-corrected chi connectivity index (χ3v) is 7.97. The molecule has 2 heterocycles. The number of hydrogen-bond acceptors (Lipinski definition) is 7. The van der Waals surface area contributed by atoms with Crippen molar-refractivity contribution in [2.75, 3.05) is 13.2 Å². The molecule has 1 unspecified atom stereocenters. The summed E-state index contributed by atoms with van der Waals surface area (Å²) in [6.07, 6.45) is 1.75. The van der Waals surface area contributed by atoms with Crippen molar-refractivity contribution >= 4 is 35.0 Å². The summed E-state index contributed by atoms with van der Waals surface area (Å²) in [5.74, 6) is -0.110. The summed E-state index contributed by atoms with van der Waals surface area (Å²) in [4.78, 5) is 31.9. The number of carbonyl (C=O) groups excluding carboxylic acids is 1. The van der Waals surface area contributed by atoms with Gasteiger partial charge in [-0.1, -0.05) is 65.4 Å². The summed E-state index contributed by atoms with van der Waals surface area (Å²) < 4.78 is 33.2. The van der Waals surface area contributed by atoms with Crippen LogP contribution in [0.2, 0.25) is 5.02 Å². The van der Waals surface area contributed by atoms with Crippen LogP contribution < -0.4 is 24.4 Å². The topological polar surface area (TPSA) is 79.1 Å². The van der Waals surface area contributed by atoms with E-state index in [1.165, 1.54) is 23.5 Å². The zero-order chi connectivity index (χ0) is 29.8. The molecular formula is C32H28ClFN2O5S. The number of rotatable bonds is 9. The normalized spacial score (nSPS) is 14.8. The highest BCUT2D eigenvalue weighted by Gasteiger charge is 2.33. The number of aromatic nitrogens is 1. The van der Waals surface area contributed by atoms with Crippen LogP contribution in [0.15, 0.2) is 87.8 Å². The first-order chi connectivity index (χ1) is 20.3. The molecule has 0 fully saturated rings. The van der Waals surface area contributed by atoms with Crippen molar-refractivity contribution in [1.82, 2.24) is 4.57 Å². The third kappa shape index (κ3) is 5.89. The second kappa shape index (κ2) is 12.8. The first kappa shape index (κ1) is 29.3. The average Bonchev–Trinajstić information content (AvgIpc) is 3.27. The Morgan fingerprint density at radius 2 is 1.83 bits per heavy atom. The Balaban J connectivity index is 1.55. The van der Waals surface area contributed by atoms with Gasteiger partial charge in [-0.05, 0) is 62.2 Å². The fraction of sp³-hybridized carbons (Fsp3) is 0.219. The molecular weight excluding hydrogens is 579 g/mol. The summed E-state index contributed by atoms with van der Waals surface area (Å²) in [6.45, 7) is 5.83. The number of allylic oxidation sites excluding steroid dienone is 1. The quantitative estimate of drug-likeness (QED) is 0.233. The highest BCUT2D eigenvalue weighted by Crippen LogP contribution is 2.32. The van der Waals surface area contributed by atoms with Crippen LogP contribution in [0.5, 0.6) is 11.5 Å². The molecule has 42 heavy (non-hydrogen) atoms. The molecule has 0 spiro atoms. The first-order valence-corrected chi connectivity index (χ1v) is 14.6. The van der Waals surface area contributed by atoms with Gasteiger partial charge in [-0.15, -0.1) is 0 Å². The molecule has 0 saturated heterocycles. The van der Waals surface area contributed by atoms with Crippen molar-refractivity contribution in [3.63, 3.8) is 0 Å². The fourth-order valence-electron chi connectivity index (χ4n) is 4.72. The van der Waals surface area contributed by atoms with Crippen molar-refractivity contribution < 1.29 is 23.4 Å². The first-order valence-electron chi connectivity index (χ1n) is 13.4. The SMILES string of the molecule is CCOC(=O)C1=C(C)N=c2s/c(=C\c3ccc(OCc4c(F)cccc4Cl)c(OCC)c3)c(=O)n2C1c1ccccc1. The maximum atomic E-state index is 14.2. The van der Waals surface area contributed by atoms with E-state index >= 15 is 0 Å². The monoisotopic (exact) mass is 606 g/mol. The predicted octanol–water partition coefficient (Wildman–Crippen LogP) is 5.57. The van der Waals surface area contributed by atoms with Gasteiger partial charge in [0.05, 0.1) is 40.1 Å². The Morgan fingerprint density at radius 3 is 2.55 bits per heavy atom. The molecule has 0 amide bonds. The maximum absolute atomic E-state index is 14.2. The summed E-state index contributed by atoms with van der Waals surface area (Å²) in [5, 5.41) is 0.273. The van der Waals surface area contributed by atoms with Gasteiger partial charge in [-0.3, -0.25) is 9.36 Å². The van der Waals surface area contributed by atoms with Gasteiger partial charge < -0.3 is 14.2 Å². The number of carbonyl (C=O) groups is 1. The number of thiazole rings is 1. The van der Waals surface area contributed by atoms with Crippen LogP contribution in [0.3, 0.4) is 0 Å². The van der Waals surface area contributed by atoms with E-state index in [0.29, 0.717) is 44.3 Å². The molecule has 4 aromatic rings. The Morgan fingerprint density at radius 1 is 1.05 bits per heavy atom. The van der Waals surface area contributed by atoms with Gasteiger partial charge in [-0.2, -0.15) is 0 Å². The number of nitrogens with zero attached hydrogens (tertiary/aromatic N) is 2. The van der Waals surface area contributed by atoms with Crippen LogP contribution in [0.4, 0.5) is 4.39 Å². The highest BCUT2D eigenvalue weighted by molar-refractivity contribution is 7.07. The Hall–Kier alpha value is -4.21. The van der Waals surface area contributed by atoms with E-state index in [9.17, 15) is 14.0 Å². The molecule has 1 aliphatic heterocycles. The maximum Gasteiger partial charge on any atom is 0.338 e. The second-order valence-electron chi connectivity index (χ2n) is 9.34. The molecule has 0 bridgehead atoms. The number of ether oxygens (including phenoxy) is 3. The number of halogens is 2. The lowest BCUT2D eigenvalue weighted by molar-refractivity contribution is -0.139. The number of esters is 1. The number of hydrogen-bond donors (Lipinski definition) is 0. The molecule has 1 atom stereocenters. The van der Waals surface area contributed by atoms with Gasteiger partial charge in [0.15, 0.2) is 16.3 Å². The molecule has 0 saturated carbocycles. The zero-order valence-corrected chi connectivity index (χ0v) is 24.8. The van der Waals surface area contributed by atoms with E-state index in [1.54, 1.807) is 48.8 Å². The number of benzene rings is 3. The Kier molecular flexibility index (Phi) is 8.89. The van der Waals surface area contributed by atoms with Crippen molar-refractivity contribution in [2.24, 2.45) is 4.99 Å². The highest BCUT2D eigenvalue weighted by atomic mass is 35.5. The zero-order valence-electron chi connectivity index (χ0n) is 23.2. The molecule has 1 aromatic heterocycles. The van der Waals surface area contributed by atoms with Gasteiger partial charge in [0.1, 0.15) is 12.4 Å². The number of fused-ring (bicyclic) bond motifs is 1. The lowest BCUT2D eigenvalue weighted by atomic mass is 9.96. The Labute approximate surface area is 250 Å². The lowest BCUT2D eigenvalue weighted by Crippen LogP contribution is -2.39. The standard InChI is InChI=1S/C32H28ClFN2O5S/c1-4-39-26-16-20(14-15-25(26)41-18-22-23(33)12-9-13-24(22)34)17-27-30(37)36-29(21-10-7-6-8-11-21)28(31(38)40-5-2)19(3)35-32(36)42-27/h6-17,29H,4-5,18H2,1-3H3/b27-17-. The molecule has 0 aliphatic carbocycles. The van der Waals surface area contributed by atoms with Crippen LogP contribution >= 0.6 is 22.9 Å². The largest absolute Gasteiger partial charge is 0.490 e. The van der Waals surface area contributed by atoms with Crippen LogP contribution in [0.25, 0.3) is 6.08 Å². The van der Waals surface area contributed by atoms with Crippen molar-refractivity contribution in [3.05, 3.63) is 125 Å². The molecule has 0 N–H and O–H groups in total. The van der Waals surface area contributed by atoms with E-state index in [4.69, 9.17) is 25.8 Å². The minimum atomic E-state index is -0.677. The van der Waals surface area contributed by atoms with E-state index in [2.05, 4.69) is 4.99 Å². The molecule has 5 rings (SSSR count). The van der Waals surface area contributed by atoms with Crippen molar-refractivity contribution in [2.45, 2.75) is 33.4 Å². The second-order valence-corrected chi connectivity index (χ2v) is 10.8. The molecule has 10 heteroatoms. The van der Waals surface area contributed by atoms with E-state index in [1.807, 2.05) is 37.3 Å². The van der Waals surface area contributed by atoms with Crippen LogP contribution in [0.1, 0.15) is 43.5 Å². The van der Waals surface area contributed by atoms with Crippen molar-refractivity contribution in [3.8, 4) is 11.5 Å². The summed E-state index contributed by atoms with van der Waals surface area (Å²) in [7, 11) is 0. The van der Waals surface area contributed by atoms with Crippen LogP contribution in [-0.4, -0.2) is 23.8 Å². The fourth-order valence-corrected chi connectivity index (χ4v) is 5.98. The molecule has 3 aromatic carbocycles. The lowest BCUT2D eigenvalue weighted by Gasteiger charge is -2.24. The average molecular weight is 607 g/mol. The van der Waals surface area contributed by atoms with Gasteiger partial charge >= 0.3 is 5.97 Å². The smallest absolute Gasteiger partial charge is 0.338 e. The van der Waals surface area contributed by atoms with E-state index in [0.717, 1.165) is 5.56 Å². The van der Waals surface area contributed by atoms with Gasteiger partial charge in [0, 0.05) is 5.56 Å². The minimum Gasteiger partial charge on any atom is -0.490 e. The van der Waals surface area contributed by atoms with E-state index in [-0.39, 0.29) is 29.4 Å². The third-order valence-electron chi connectivity index (χ3n) is 6.63. The summed E-state index contributed by atoms with van der Waals surface area (Å²) >= 11 is 7.38. The molecule has 0 radical (unpaired) electrons. The molecule has 7 nitrogen and oxygen atoms in total. The Bertz CT molecular complexity index is 1830. The molecule has 216 valence electrons. The van der Waals surface area contributed by atoms with Gasteiger partial charge in [-0.25, -0.2) is 14.2 Å². The predicted molar refractivity (Wildman–Crippen MR) is 160 cm³/mol. The summed E-state index contributed by atoms with van der Waals surface area (Å²) in [6, 6.07) is 18.4. The van der Waals surface area contributed by atoms with Crippen LogP contribution in [-0.2, 0) is 16.1 Å². The minimum absolute atomic E-state index is 0.0782. The van der Waals surface area contributed by atoms with Gasteiger partial charge in [0.2, 0.25) is 0 Å². The van der Waals surface area contributed by atoms with Crippen molar-refractivity contribution in [1.29, 1.82) is 0 Å². The van der Waals surface area contributed by atoms with E-state index < -0.39 is 17.8 Å². The summed E-state index contributed by atoms with van der Waals surface area (Å²) in [5.41, 5.74) is 2.27. The van der Waals surface area contributed by atoms with Gasteiger partial charge in [0.25, 0.3) is 5.56 Å². The molecule has 1 aliphatic rings.